The first kappa shape index (κ1) is 16.8. The molecule has 1 aliphatic carbocycles. The van der Waals surface area contributed by atoms with Crippen LogP contribution in [0.2, 0.25) is 0 Å². The van der Waals surface area contributed by atoms with Crippen LogP contribution in [-0.2, 0) is 9.59 Å². The van der Waals surface area contributed by atoms with Crippen molar-refractivity contribution in [2.75, 3.05) is 45.9 Å². The molecule has 6 nitrogen and oxygen atoms in total. The molecule has 2 amide bonds. The van der Waals surface area contributed by atoms with Crippen LogP contribution in [0.15, 0.2) is 30.3 Å². The molecule has 1 saturated heterocycles. The highest BCUT2D eigenvalue weighted by molar-refractivity contribution is 5.86. The van der Waals surface area contributed by atoms with E-state index in [0.29, 0.717) is 19.7 Å². The van der Waals surface area contributed by atoms with Gasteiger partial charge in [0.1, 0.15) is 12.4 Å². The molecule has 24 heavy (non-hydrogen) atoms. The molecule has 0 bridgehead atoms. The molecule has 1 aliphatic heterocycles. The summed E-state index contributed by atoms with van der Waals surface area (Å²) in [5.74, 6) is 1.08. The highest BCUT2D eigenvalue weighted by atomic mass is 16.5. The smallest absolute Gasteiger partial charge is 0.242 e. The van der Waals surface area contributed by atoms with Gasteiger partial charge in [-0.25, -0.2) is 0 Å². The van der Waals surface area contributed by atoms with E-state index in [2.05, 4.69) is 10.2 Å². The highest BCUT2D eigenvalue weighted by Crippen LogP contribution is 2.28. The first-order valence-corrected chi connectivity index (χ1v) is 8.68. The van der Waals surface area contributed by atoms with E-state index in [9.17, 15) is 9.59 Å². The van der Waals surface area contributed by atoms with Gasteiger partial charge < -0.3 is 15.0 Å². The maximum absolute atomic E-state index is 12.1. The number of nitrogens with one attached hydrogen (secondary N) is 1. The average molecular weight is 331 g/mol. The summed E-state index contributed by atoms with van der Waals surface area (Å²) in [4.78, 5) is 27.8. The lowest BCUT2D eigenvalue weighted by atomic mass is 10.3. The van der Waals surface area contributed by atoms with Gasteiger partial charge in [0, 0.05) is 38.6 Å². The SMILES string of the molecule is O=C(NCC(=O)N1CCN(CCOc2ccccc2)CC1)C1CC1. The van der Waals surface area contributed by atoms with E-state index < -0.39 is 0 Å². The Hall–Kier alpha value is -2.08. The summed E-state index contributed by atoms with van der Waals surface area (Å²) < 4.78 is 5.71. The average Bonchev–Trinajstić information content (AvgIpc) is 3.46. The normalized spacial score (nSPS) is 18.2. The Labute approximate surface area is 142 Å². The number of hydrogen-bond donors (Lipinski definition) is 1. The van der Waals surface area contributed by atoms with Crippen molar-refractivity contribution in [2.24, 2.45) is 5.92 Å². The van der Waals surface area contributed by atoms with E-state index in [1.807, 2.05) is 35.2 Å². The zero-order chi connectivity index (χ0) is 16.8. The van der Waals surface area contributed by atoms with Crippen molar-refractivity contribution in [3.05, 3.63) is 30.3 Å². The van der Waals surface area contributed by atoms with Crippen molar-refractivity contribution in [1.29, 1.82) is 0 Å². The van der Waals surface area contributed by atoms with Gasteiger partial charge in [0.15, 0.2) is 0 Å². The Morgan fingerprint density at radius 3 is 2.46 bits per heavy atom. The fourth-order valence-electron chi connectivity index (χ4n) is 2.79. The molecule has 1 aromatic carbocycles. The summed E-state index contributed by atoms with van der Waals surface area (Å²) >= 11 is 0. The molecule has 6 heteroatoms. The molecule has 3 rings (SSSR count). The van der Waals surface area contributed by atoms with Gasteiger partial charge >= 0.3 is 0 Å². The Balaban J connectivity index is 1.30. The van der Waals surface area contributed by atoms with Gasteiger partial charge in [-0.15, -0.1) is 0 Å². The number of nitrogens with zero attached hydrogens (tertiary/aromatic N) is 2. The summed E-state index contributed by atoms with van der Waals surface area (Å²) in [5, 5.41) is 2.74. The van der Waals surface area contributed by atoms with Gasteiger partial charge in [0.05, 0.1) is 6.54 Å². The second kappa shape index (κ2) is 8.15. The molecule has 2 aliphatic rings. The summed E-state index contributed by atoms with van der Waals surface area (Å²) in [6, 6.07) is 9.79. The zero-order valence-electron chi connectivity index (χ0n) is 13.9. The minimum Gasteiger partial charge on any atom is -0.492 e. The third-order valence-electron chi connectivity index (χ3n) is 4.51. The number of carbonyl (C=O) groups is 2. The molecule has 2 fully saturated rings. The molecule has 1 aromatic rings. The number of carbonyl (C=O) groups excluding carboxylic acids is 2. The molecule has 1 heterocycles. The van der Waals surface area contributed by atoms with Crippen molar-refractivity contribution in [3.63, 3.8) is 0 Å². The number of hydrogen-bond acceptors (Lipinski definition) is 4. The summed E-state index contributed by atoms with van der Waals surface area (Å²) in [7, 11) is 0. The van der Waals surface area contributed by atoms with E-state index in [1.165, 1.54) is 0 Å². The monoisotopic (exact) mass is 331 g/mol. The van der Waals surface area contributed by atoms with Crippen LogP contribution in [0.25, 0.3) is 0 Å². The molecular formula is C18H25N3O3. The van der Waals surface area contributed by atoms with Crippen LogP contribution < -0.4 is 10.1 Å². The Morgan fingerprint density at radius 2 is 1.79 bits per heavy atom. The third-order valence-corrected chi connectivity index (χ3v) is 4.51. The lowest BCUT2D eigenvalue weighted by Gasteiger charge is -2.34. The maximum atomic E-state index is 12.1. The van der Waals surface area contributed by atoms with Crippen LogP contribution in [0.1, 0.15) is 12.8 Å². The standard InChI is InChI=1S/C18H25N3O3/c22-17(14-19-18(23)15-6-7-15)21-10-8-20(9-11-21)12-13-24-16-4-2-1-3-5-16/h1-5,15H,6-14H2,(H,19,23). The Morgan fingerprint density at radius 1 is 1.08 bits per heavy atom. The molecule has 0 aromatic heterocycles. The number of benzene rings is 1. The second-order valence-electron chi connectivity index (χ2n) is 6.38. The van der Waals surface area contributed by atoms with Crippen molar-refractivity contribution in [2.45, 2.75) is 12.8 Å². The summed E-state index contributed by atoms with van der Waals surface area (Å²) in [5.41, 5.74) is 0. The molecule has 0 unspecified atom stereocenters. The van der Waals surface area contributed by atoms with Crippen LogP contribution in [0, 0.1) is 5.92 Å². The van der Waals surface area contributed by atoms with Gasteiger partial charge in [-0.05, 0) is 25.0 Å². The molecule has 0 spiro atoms. The third kappa shape index (κ3) is 4.96. The minimum absolute atomic E-state index is 0.0178. The van der Waals surface area contributed by atoms with E-state index in [1.54, 1.807) is 0 Å². The van der Waals surface area contributed by atoms with Crippen LogP contribution in [0.4, 0.5) is 0 Å². The number of para-hydroxylation sites is 1. The lowest BCUT2D eigenvalue weighted by molar-refractivity contribution is -0.134. The maximum Gasteiger partial charge on any atom is 0.242 e. The van der Waals surface area contributed by atoms with E-state index >= 15 is 0 Å². The van der Waals surface area contributed by atoms with Gasteiger partial charge in [0.2, 0.25) is 11.8 Å². The molecule has 1 N–H and O–H groups in total. The topological polar surface area (TPSA) is 61.9 Å². The van der Waals surface area contributed by atoms with Crippen molar-refractivity contribution >= 4 is 11.8 Å². The molecular weight excluding hydrogens is 306 g/mol. The molecule has 1 saturated carbocycles. The lowest BCUT2D eigenvalue weighted by Crippen LogP contribution is -2.51. The van der Waals surface area contributed by atoms with E-state index in [0.717, 1.165) is 38.2 Å². The van der Waals surface area contributed by atoms with Crippen LogP contribution >= 0.6 is 0 Å². The van der Waals surface area contributed by atoms with E-state index in [-0.39, 0.29) is 24.3 Å². The number of ether oxygens (including phenoxy) is 1. The van der Waals surface area contributed by atoms with Crippen LogP contribution in [0.5, 0.6) is 5.75 Å². The van der Waals surface area contributed by atoms with Gasteiger partial charge in [-0.1, -0.05) is 18.2 Å². The Bertz CT molecular complexity index is 552. The molecule has 0 atom stereocenters. The van der Waals surface area contributed by atoms with Crippen molar-refractivity contribution in [1.82, 2.24) is 15.1 Å². The predicted molar refractivity (Wildman–Crippen MR) is 90.7 cm³/mol. The zero-order valence-corrected chi connectivity index (χ0v) is 13.9. The first-order valence-electron chi connectivity index (χ1n) is 8.68. The quantitative estimate of drug-likeness (QED) is 0.800. The van der Waals surface area contributed by atoms with Gasteiger partial charge in [-0.2, -0.15) is 0 Å². The van der Waals surface area contributed by atoms with Crippen molar-refractivity contribution in [3.8, 4) is 5.75 Å². The van der Waals surface area contributed by atoms with Crippen LogP contribution in [-0.4, -0.2) is 67.5 Å². The number of amides is 2. The summed E-state index contributed by atoms with van der Waals surface area (Å²) in [6.45, 7) is 4.76. The molecule has 0 radical (unpaired) electrons. The first-order chi connectivity index (χ1) is 11.7. The summed E-state index contributed by atoms with van der Waals surface area (Å²) in [6.07, 6.45) is 1.92. The second-order valence-corrected chi connectivity index (χ2v) is 6.38. The number of rotatable bonds is 7. The van der Waals surface area contributed by atoms with E-state index in [4.69, 9.17) is 4.74 Å². The van der Waals surface area contributed by atoms with Gasteiger partial charge in [0.25, 0.3) is 0 Å². The molecule has 130 valence electrons. The fraction of sp³-hybridized carbons (Fsp3) is 0.556. The fourth-order valence-corrected chi connectivity index (χ4v) is 2.79. The predicted octanol–water partition coefficient (Wildman–Crippen LogP) is 0.736. The minimum atomic E-state index is 0.0178. The highest BCUT2D eigenvalue weighted by Gasteiger charge is 2.30. The number of piperazine rings is 1. The van der Waals surface area contributed by atoms with Gasteiger partial charge in [-0.3, -0.25) is 14.5 Å². The van der Waals surface area contributed by atoms with Crippen LogP contribution in [0.3, 0.4) is 0 Å². The largest absolute Gasteiger partial charge is 0.492 e. The Kier molecular flexibility index (Phi) is 5.69. The van der Waals surface area contributed by atoms with Crippen molar-refractivity contribution < 1.29 is 14.3 Å².